The van der Waals surface area contributed by atoms with E-state index < -0.39 is 5.60 Å². The third kappa shape index (κ3) is 2.90. The lowest BCUT2D eigenvalue weighted by atomic mass is 9.92. The number of pyridine rings is 1. The van der Waals surface area contributed by atoms with Crippen molar-refractivity contribution in [2.75, 3.05) is 19.7 Å². The van der Waals surface area contributed by atoms with Crippen LogP contribution in [0, 0.1) is 0 Å². The molecule has 2 aromatic rings. The molecule has 2 aliphatic heterocycles. The van der Waals surface area contributed by atoms with Gasteiger partial charge >= 0.3 is 0 Å². The van der Waals surface area contributed by atoms with Crippen LogP contribution in [0.2, 0.25) is 5.15 Å². The molecule has 0 aliphatic carbocycles. The maximum absolute atomic E-state index is 13.3. The molecule has 0 bridgehead atoms. The van der Waals surface area contributed by atoms with E-state index in [1.54, 1.807) is 6.07 Å². The first-order valence-electron chi connectivity index (χ1n) is 8.62. The van der Waals surface area contributed by atoms with Gasteiger partial charge in [-0.3, -0.25) is 4.79 Å². The lowest BCUT2D eigenvalue weighted by Gasteiger charge is -2.45. The molecule has 2 fully saturated rings. The second kappa shape index (κ2) is 6.24. The van der Waals surface area contributed by atoms with Crippen molar-refractivity contribution in [1.82, 2.24) is 9.88 Å². The fourth-order valence-corrected chi connectivity index (χ4v) is 4.14. The van der Waals surface area contributed by atoms with Crippen molar-refractivity contribution in [1.29, 1.82) is 0 Å². The number of halogens is 1. The van der Waals surface area contributed by atoms with Gasteiger partial charge < -0.3 is 14.4 Å². The number of para-hydroxylation sites is 1. The van der Waals surface area contributed by atoms with E-state index in [1.165, 1.54) is 0 Å². The van der Waals surface area contributed by atoms with Gasteiger partial charge in [-0.15, -0.1) is 0 Å². The van der Waals surface area contributed by atoms with Gasteiger partial charge in [-0.05, 0) is 26.0 Å². The molecule has 0 radical (unpaired) electrons. The number of hydrogen-bond acceptors (Lipinski definition) is 4. The summed E-state index contributed by atoms with van der Waals surface area (Å²) in [5, 5.41) is 1.15. The van der Waals surface area contributed by atoms with Gasteiger partial charge in [-0.2, -0.15) is 0 Å². The number of rotatable bonds is 1. The van der Waals surface area contributed by atoms with E-state index in [-0.39, 0.29) is 18.1 Å². The molecule has 0 saturated carbocycles. The van der Waals surface area contributed by atoms with Gasteiger partial charge in [0.05, 0.1) is 29.8 Å². The first kappa shape index (κ1) is 16.8. The molecule has 0 N–H and O–H groups in total. The van der Waals surface area contributed by atoms with Crippen LogP contribution in [0.25, 0.3) is 10.9 Å². The lowest BCUT2D eigenvalue weighted by Crippen LogP contribution is -2.59. The van der Waals surface area contributed by atoms with Gasteiger partial charge in [0.25, 0.3) is 5.91 Å². The fraction of sp³-hybridized carbons (Fsp3) is 0.474. The highest BCUT2D eigenvalue weighted by Gasteiger charge is 2.49. The minimum absolute atomic E-state index is 0.0247. The highest BCUT2D eigenvalue weighted by Crippen LogP contribution is 2.36. The summed E-state index contributed by atoms with van der Waals surface area (Å²) in [5.74, 6) is -0.0332. The largest absolute Gasteiger partial charge is 0.375 e. The number of hydrogen-bond donors (Lipinski definition) is 0. The molecule has 4 rings (SSSR count). The zero-order chi connectivity index (χ0) is 17.6. The van der Waals surface area contributed by atoms with Crippen LogP contribution in [0.15, 0.2) is 30.3 Å². The number of carbonyl (C=O) groups excluding carboxylic acids is 1. The molecular formula is C19H21ClN2O3. The van der Waals surface area contributed by atoms with Crippen LogP contribution in [0.1, 0.15) is 30.6 Å². The second-order valence-electron chi connectivity index (χ2n) is 6.95. The summed E-state index contributed by atoms with van der Waals surface area (Å²) < 4.78 is 11.9. The zero-order valence-electron chi connectivity index (χ0n) is 14.4. The Labute approximate surface area is 151 Å². The molecule has 25 heavy (non-hydrogen) atoms. The Kier molecular flexibility index (Phi) is 4.18. The van der Waals surface area contributed by atoms with E-state index in [2.05, 4.69) is 4.98 Å². The summed E-state index contributed by atoms with van der Waals surface area (Å²) in [4.78, 5) is 19.5. The van der Waals surface area contributed by atoms with Crippen LogP contribution in [0.4, 0.5) is 0 Å². The predicted molar refractivity (Wildman–Crippen MR) is 96.0 cm³/mol. The average molecular weight is 361 g/mol. The van der Waals surface area contributed by atoms with E-state index in [9.17, 15) is 4.79 Å². The van der Waals surface area contributed by atoms with Gasteiger partial charge in [-0.25, -0.2) is 4.98 Å². The van der Waals surface area contributed by atoms with Gasteiger partial charge in [-0.1, -0.05) is 29.8 Å². The summed E-state index contributed by atoms with van der Waals surface area (Å²) >= 11 is 6.15. The summed E-state index contributed by atoms with van der Waals surface area (Å²) in [5.41, 5.74) is 0.901. The minimum Gasteiger partial charge on any atom is -0.375 e. The third-order valence-corrected chi connectivity index (χ3v) is 5.40. The summed E-state index contributed by atoms with van der Waals surface area (Å²) in [7, 11) is 0. The second-order valence-corrected chi connectivity index (χ2v) is 7.34. The fourth-order valence-electron chi connectivity index (χ4n) is 3.94. The van der Waals surface area contributed by atoms with E-state index in [4.69, 9.17) is 21.1 Å². The van der Waals surface area contributed by atoms with Crippen molar-refractivity contribution >= 4 is 28.4 Å². The first-order valence-corrected chi connectivity index (χ1v) is 9.00. The van der Waals surface area contributed by atoms with Crippen molar-refractivity contribution in [2.45, 2.75) is 38.1 Å². The number of ether oxygens (including phenoxy) is 2. The number of carbonyl (C=O) groups is 1. The van der Waals surface area contributed by atoms with Gasteiger partial charge in [0.1, 0.15) is 10.8 Å². The van der Waals surface area contributed by atoms with Crippen LogP contribution in [-0.4, -0.2) is 53.3 Å². The molecule has 3 atom stereocenters. The first-order chi connectivity index (χ1) is 12.0. The Morgan fingerprint density at radius 3 is 2.92 bits per heavy atom. The summed E-state index contributed by atoms with van der Waals surface area (Å²) in [6.45, 7) is 5.78. The average Bonchev–Trinajstić information content (AvgIpc) is 2.92. The number of morpholine rings is 1. The SMILES string of the molecule is C[C@@H]1CN(C(=O)c2cc(Cl)nc3ccccc23)C[C@@]2(CCO[C@@H]2C)O1. The Bertz CT molecular complexity index is 827. The molecule has 1 amide bonds. The van der Waals surface area contributed by atoms with Crippen molar-refractivity contribution in [3.05, 3.63) is 41.0 Å². The van der Waals surface area contributed by atoms with E-state index in [1.807, 2.05) is 43.0 Å². The van der Waals surface area contributed by atoms with Crippen molar-refractivity contribution in [2.24, 2.45) is 0 Å². The normalized spacial score (nSPS) is 29.5. The predicted octanol–water partition coefficient (Wildman–Crippen LogP) is 3.30. The molecule has 5 nitrogen and oxygen atoms in total. The van der Waals surface area contributed by atoms with Crippen LogP contribution < -0.4 is 0 Å². The van der Waals surface area contributed by atoms with Gasteiger partial charge in [0.2, 0.25) is 0 Å². The van der Waals surface area contributed by atoms with Crippen LogP contribution in [0.5, 0.6) is 0 Å². The molecule has 1 aromatic heterocycles. The molecular weight excluding hydrogens is 340 g/mol. The van der Waals surface area contributed by atoms with Crippen molar-refractivity contribution in [3.8, 4) is 0 Å². The standard InChI is InChI=1S/C19H21ClN2O3/c1-12-10-22(11-19(25-12)7-8-24-13(19)2)18(23)15-9-17(20)21-16-6-4-3-5-14(15)16/h3-6,9,12-13H,7-8,10-11H2,1-2H3/t12-,13-,19-/m1/s1. The molecule has 6 heteroatoms. The quantitative estimate of drug-likeness (QED) is 0.732. The van der Waals surface area contributed by atoms with Crippen LogP contribution >= 0.6 is 11.6 Å². The number of amides is 1. The highest BCUT2D eigenvalue weighted by atomic mass is 35.5. The van der Waals surface area contributed by atoms with E-state index in [0.29, 0.717) is 30.4 Å². The molecule has 0 unspecified atom stereocenters. The number of aromatic nitrogens is 1. The third-order valence-electron chi connectivity index (χ3n) is 5.21. The Morgan fingerprint density at radius 1 is 1.36 bits per heavy atom. The topological polar surface area (TPSA) is 51.7 Å². The molecule has 132 valence electrons. The van der Waals surface area contributed by atoms with Gasteiger partial charge in [0, 0.05) is 25.0 Å². The van der Waals surface area contributed by atoms with E-state index >= 15 is 0 Å². The van der Waals surface area contributed by atoms with Crippen molar-refractivity contribution < 1.29 is 14.3 Å². The lowest BCUT2D eigenvalue weighted by molar-refractivity contribution is -0.160. The molecule has 2 saturated heterocycles. The molecule has 1 spiro atoms. The maximum Gasteiger partial charge on any atom is 0.254 e. The Morgan fingerprint density at radius 2 is 2.16 bits per heavy atom. The number of nitrogens with zero attached hydrogens (tertiary/aromatic N) is 2. The minimum atomic E-state index is -0.417. The monoisotopic (exact) mass is 360 g/mol. The van der Waals surface area contributed by atoms with Crippen LogP contribution in [-0.2, 0) is 9.47 Å². The Hall–Kier alpha value is -1.69. The number of benzene rings is 1. The smallest absolute Gasteiger partial charge is 0.254 e. The maximum atomic E-state index is 13.3. The zero-order valence-corrected chi connectivity index (χ0v) is 15.1. The Balaban J connectivity index is 1.71. The van der Waals surface area contributed by atoms with Gasteiger partial charge in [0.15, 0.2) is 0 Å². The summed E-state index contributed by atoms with van der Waals surface area (Å²) in [6.07, 6.45) is 0.744. The van der Waals surface area contributed by atoms with Crippen LogP contribution in [0.3, 0.4) is 0 Å². The molecule has 2 aliphatic rings. The van der Waals surface area contributed by atoms with E-state index in [0.717, 1.165) is 17.3 Å². The molecule has 1 aromatic carbocycles. The summed E-state index contributed by atoms with van der Waals surface area (Å²) in [6, 6.07) is 9.24. The number of fused-ring (bicyclic) bond motifs is 1. The highest BCUT2D eigenvalue weighted by molar-refractivity contribution is 6.30. The molecule has 3 heterocycles. The van der Waals surface area contributed by atoms with Crippen molar-refractivity contribution in [3.63, 3.8) is 0 Å².